The highest BCUT2D eigenvalue weighted by Gasteiger charge is 2.24. The molecule has 3 aromatic rings. The molecular formula is C33H36F2N4O2. The fourth-order valence-electron chi connectivity index (χ4n) is 5.10. The van der Waals surface area contributed by atoms with Crippen molar-refractivity contribution in [2.24, 2.45) is 10.9 Å². The summed E-state index contributed by atoms with van der Waals surface area (Å²) < 4.78 is 132. The van der Waals surface area contributed by atoms with Crippen molar-refractivity contribution in [3.8, 4) is 0 Å². The number of fused-ring (bicyclic) bond motifs is 1. The number of hydrogen-bond acceptors (Lipinski definition) is 5. The summed E-state index contributed by atoms with van der Waals surface area (Å²) in [6.07, 6.45) is -3.00. The summed E-state index contributed by atoms with van der Waals surface area (Å²) in [6, 6.07) is 5.78. The van der Waals surface area contributed by atoms with Gasteiger partial charge in [0.05, 0.1) is 16.1 Å². The second-order valence-electron chi connectivity index (χ2n) is 10.2. The molecule has 0 radical (unpaired) electrons. The van der Waals surface area contributed by atoms with Gasteiger partial charge in [0.2, 0.25) is 0 Å². The minimum absolute atomic E-state index is 0.00907. The summed E-state index contributed by atoms with van der Waals surface area (Å²) in [5, 5.41) is 2.70. The lowest BCUT2D eigenvalue weighted by molar-refractivity contribution is 0.0664. The number of amides is 1. The third kappa shape index (κ3) is 6.49. The molecular weight excluding hydrogens is 522 g/mol. The van der Waals surface area contributed by atoms with E-state index < -0.39 is 56.0 Å². The Labute approximate surface area is 256 Å². The van der Waals surface area contributed by atoms with Crippen LogP contribution in [0.3, 0.4) is 0 Å². The zero-order chi connectivity index (χ0) is 38.8. The van der Waals surface area contributed by atoms with Crippen molar-refractivity contribution in [3.63, 3.8) is 0 Å². The Hall–Kier alpha value is -3.62. The fraction of sp³-hybridized carbons (Fsp3) is 0.394. The van der Waals surface area contributed by atoms with Gasteiger partial charge in [-0.05, 0) is 97.1 Å². The van der Waals surface area contributed by atoms with Crippen LogP contribution in [0.25, 0.3) is 0 Å². The van der Waals surface area contributed by atoms with Gasteiger partial charge >= 0.3 is 0 Å². The summed E-state index contributed by atoms with van der Waals surface area (Å²) in [6.45, 7) is -6.24. The van der Waals surface area contributed by atoms with Gasteiger partial charge < -0.3 is 19.9 Å². The van der Waals surface area contributed by atoms with Gasteiger partial charge in [0.25, 0.3) is 5.91 Å². The molecule has 0 atom stereocenters. The van der Waals surface area contributed by atoms with Crippen molar-refractivity contribution < 1.29 is 34.8 Å². The van der Waals surface area contributed by atoms with Crippen molar-refractivity contribution in [3.05, 3.63) is 99.5 Å². The molecule has 1 N–H and O–H groups in total. The Kier molecular flexibility index (Phi) is 4.93. The van der Waals surface area contributed by atoms with Crippen LogP contribution >= 0.6 is 0 Å². The smallest absolute Gasteiger partial charge is 0.257 e. The van der Waals surface area contributed by atoms with E-state index in [1.807, 2.05) is 0 Å². The van der Waals surface area contributed by atoms with Crippen molar-refractivity contribution >= 4 is 17.4 Å². The van der Waals surface area contributed by atoms with Crippen LogP contribution < -0.4 is 10.2 Å². The van der Waals surface area contributed by atoms with Crippen LogP contribution in [0.2, 0.25) is 0 Å². The minimum Gasteiger partial charge on any atom is -0.381 e. The molecule has 3 aliphatic rings. The molecule has 2 saturated heterocycles. The van der Waals surface area contributed by atoms with E-state index in [-0.39, 0.29) is 97.8 Å². The molecule has 8 heteroatoms. The van der Waals surface area contributed by atoms with Crippen molar-refractivity contribution in [2.45, 2.75) is 32.2 Å². The summed E-state index contributed by atoms with van der Waals surface area (Å²) in [5.41, 5.74) is 0.733. The Morgan fingerprint density at radius 3 is 2.66 bits per heavy atom. The number of rotatable bonds is 6. The fourth-order valence-corrected chi connectivity index (χ4v) is 5.10. The number of benzene rings is 3. The zero-order valence-corrected chi connectivity index (χ0v) is 22.1. The second kappa shape index (κ2) is 12.1. The predicted molar refractivity (Wildman–Crippen MR) is 157 cm³/mol. The molecule has 3 heterocycles. The average Bonchev–Trinajstić information content (AvgIpc) is 3.44. The molecule has 2 fully saturated rings. The maximum atomic E-state index is 14.2. The largest absolute Gasteiger partial charge is 0.381 e. The third-order valence-corrected chi connectivity index (χ3v) is 7.27. The number of carbonyl (C=O) groups is 1. The number of ether oxygens (including phenoxy) is 1. The molecule has 3 aromatic carbocycles. The molecule has 0 bridgehead atoms. The van der Waals surface area contributed by atoms with Crippen LogP contribution in [0, 0.1) is 17.6 Å². The summed E-state index contributed by atoms with van der Waals surface area (Å²) in [4.78, 5) is 21.5. The molecule has 6 nitrogen and oxygen atoms in total. The number of nitrogens with zero attached hydrogens (tertiary/aromatic N) is 3. The van der Waals surface area contributed by atoms with E-state index in [1.165, 1.54) is 23.1 Å². The number of anilines is 1. The first-order valence-electron chi connectivity index (χ1n) is 19.4. The molecule has 214 valence electrons. The summed E-state index contributed by atoms with van der Waals surface area (Å²) in [5.74, 6) is -3.91. The molecule has 0 unspecified atom stereocenters. The van der Waals surface area contributed by atoms with E-state index in [1.54, 1.807) is 11.0 Å². The highest BCUT2D eigenvalue weighted by molar-refractivity contribution is 6.14. The molecule has 0 spiro atoms. The Morgan fingerprint density at radius 1 is 1.12 bits per heavy atom. The maximum Gasteiger partial charge on any atom is 0.257 e. The quantitative estimate of drug-likeness (QED) is 0.455. The average molecular weight is 571 g/mol. The first-order chi connectivity index (χ1) is 24.6. The van der Waals surface area contributed by atoms with E-state index in [4.69, 9.17) is 19.8 Å². The lowest BCUT2D eigenvalue weighted by Gasteiger charge is -2.34. The van der Waals surface area contributed by atoms with E-state index in [0.717, 1.165) is 12.1 Å². The molecule has 0 aromatic heterocycles. The second-order valence-corrected chi connectivity index (χ2v) is 10.2. The number of halogens is 2. The summed E-state index contributed by atoms with van der Waals surface area (Å²) >= 11 is 0. The predicted octanol–water partition coefficient (Wildman–Crippen LogP) is 4.97. The van der Waals surface area contributed by atoms with E-state index in [2.05, 4.69) is 10.3 Å². The Balaban J connectivity index is 1.34. The first kappa shape index (κ1) is 16.7. The Morgan fingerprint density at radius 2 is 1.90 bits per heavy atom. The van der Waals surface area contributed by atoms with Crippen LogP contribution in [0.1, 0.15) is 67.5 Å². The highest BCUT2D eigenvalue weighted by atomic mass is 19.1. The standard InChI is InChI=1S/C33H36F2N4O2/c1-38-8-10-39(11-9-38)29-4-5-30(26(19-29)15-22-6-12-41-13-7-22)33(40)37-32-31-18-23(2-3-25(31)21-36-32)14-24-16-27(34)20-28(35)17-24/h2-5,16-20,22H,6-15,21H2,1H3,(H,36,37,40)/i1D3,4D,12D2,13D2,14D2,19D,20D. The van der Waals surface area contributed by atoms with Gasteiger partial charge in [-0.25, -0.2) is 8.78 Å². The molecule has 1 amide bonds. The van der Waals surface area contributed by atoms with Gasteiger partial charge in [-0.1, -0.05) is 12.1 Å². The van der Waals surface area contributed by atoms with Gasteiger partial charge in [0.1, 0.15) is 17.5 Å². The number of aliphatic imine (C=N–C) groups is 1. The normalized spacial score (nSPS) is 25.2. The summed E-state index contributed by atoms with van der Waals surface area (Å²) in [7, 11) is 0. The van der Waals surface area contributed by atoms with Crippen LogP contribution in [0.4, 0.5) is 14.5 Å². The van der Waals surface area contributed by atoms with E-state index >= 15 is 0 Å². The third-order valence-electron chi connectivity index (χ3n) is 7.27. The zero-order valence-electron chi connectivity index (χ0n) is 34.1. The molecule has 0 aliphatic carbocycles. The van der Waals surface area contributed by atoms with Gasteiger partial charge in [-0.2, -0.15) is 0 Å². The molecule has 41 heavy (non-hydrogen) atoms. The lowest BCUT2D eigenvalue weighted by Crippen LogP contribution is -2.44. The number of nitrogens with one attached hydrogen (secondary N) is 1. The minimum atomic E-state index is -2.42. The lowest BCUT2D eigenvalue weighted by atomic mass is 9.89. The van der Waals surface area contributed by atoms with Crippen LogP contribution in [0.15, 0.2) is 59.5 Å². The maximum absolute atomic E-state index is 14.2. The first-order valence-corrected chi connectivity index (χ1v) is 13.4. The number of piperazine rings is 1. The van der Waals surface area contributed by atoms with Crippen LogP contribution in [-0.4, -0.2) is 62.9 Å². The number of hydrogen-bond donors (Lipinski definition) is 1. The van der Waals surface area contributed by atoms with Crippen LogP contribution in [-0.2, 0) is 24.1 Å². The van der Waals surface area contributed by atoms with Crippen molar-refractivity contribution in [2.75, 3.05) is 51.2 Å². The monoisotopic (exact) mass is 570 g/mol. The Bertz CT molecular complexity index is 1940. The number of carbonyl (C=O) groups excluding carboxylic acids is 1. The van der Waals surface area contributed by atoms with Crippen LogP contribution in [0.5, 0.6) is 0 Å². The molecule has 3 aliphatic heterocycles. The molecule has 0 saturated carbocycles. The molecule has 6 rings (SSSR count). The van der Waals surface area contributed by atoms with Gasteiger partial charge in [0.15, 0.2) is 0 Å². The topological polar surface area (TPSA) is 57.2 Å². The van der Waals surface area contributed by atoms with E-state index in [9.17, 15) is 14.9 Å². The van der Waals surface area contributed by atoms with E-state index in [0.29, 0.717) is 11.1 Å². The number of amidine groups is 1. The van der Waals surface area contributed by atoms with Crippen molar-refractivity contribution in [1.29, 1.82) is 0 Å². The van der Waals surface area contributed by atoms with Gasteiger partial charge in [-0.3, -0.25) is 9.79 Å². The van der Waals surface area contributed by atoms with Gasteiger partial charge in [-0.15, -0.1) is 0 Å². The van der Waals surface area contributed by atoms with Gasteiger partial charge in [0, 0.05) is 69.0 Å². The number of likely N-dealkylation sites (N-methyl/N-ethyl adjacent to an activating group) is 1. The SMILES string of the molecule is [2H]c1cc(C(=O)NC2=NCc3ccc(C([2H])([2H])c4cc(F)c([2H])c(F)c4)cc32)c(CC2CC([2H])([2H])OC([2H])([2H])C2)c([2H])c1N1CCN(C([2H])([2H])[2H])CC1. The van der Waals surface area contributed by atoms with Crippen molar-refractivity contribution in [1.82, 2.24) is 10.2 Å². The highest BCUT2D eigenvalue weighted by Crippen LogP contribution is 2.28.